The molecule has 1 aliphatic carbocycles. The van der Waals surface area contributed by atoms with Crippen LogP contribution in [0.3, 0.4) is 0 Å². The lowest BCUT2D eigenvalue weighted by atomic mass is 9.91. The number of rotatable bonds is 6. The van der Waals surface area contributed by atoms with Crippen LogP contribution in [-0.2, 0) is 16.0 Å². The van der Waals surface area contributed by atoms with Crippen LogP contribution in [0.25, 0.3) is 0 Å². The highest BCUT2D eigenvalue weighted by atomic mass is 35.5. The molecule has 2 aliphatic rings. The van der Waals surface area contributed by atoms with Gasteiger partial charge in [0.05, 0.1) is 24.5 Å². The Hall–Kier alpha value is -2.44. The SMILES string of the molecule is CC1=CC=C(C#N)C(Cl)C1.CCC(C)C1CCN(C)C1.CCc1cc(F)ccc1F.O=COCCC(F)(F)F. The third-order valence-corrected chi connectivity index (χ3v) is 6.74. The number of hydrogen-bond donors (Lipinski definition) is 0. The molecule has 1 saturated heterocycles. The van der Waals surface area contributed by atoms with E-state index in [1.807, 2.05) is 13.0 Å². The third-order valence-electron chi connectivity index (χ3n) is 6.35. The minimum absolute atomic E-state index is 0.00819. The van der Waals surface area contributed by atoms with Crippen molar-refractivity contribution in [1.29, 1.82) is 5.26 Å². The molecule has 10 heteroatoms. The van der Waals surface area contributed by atoms with Crippen molar-refractivity contribution in [1.82, 2.24) is 4.90 Å². The summed E-state index contributed by atoms with van der Waals surface area (Å²) in [6, 6.07) is 5.54. The van der Waals surface area contributed by atoms with Gasteiger partial charge in [-0.3, -0.25) is 4.79 Å². The summed E-state index contributed by atoms with van der Waals surface area (Å²) in [4.78, 5) is 11.7. The first-order chi connectivity index (χ1) is 18.3. The Balaban J connectivity index is 0.000000494. The topological polar surface area (TPSA) is 53.3 Å². The zero-order valence-electron chi connectivity index (χ0n) is 23.3. The number of likely N-dealkylation sites (tertiary alicyclic amines) is 1. The van der Waals surface area contributed by atoms with Gasteiger partial charge in [-0.15, -0.1) is 11.6 Å². The van der Waals surface area contributed by atoms with Crippen molar-refractivity contribution in [3.8, 4) is 6.07 Å². The Morgan fingerprint density at radius 1 is 1.26 bits per heavy atom. The van der Waals surface area contributed by atoms with E-state index in [1.165, 1.54) is 37.6 Å². The van der Waals surface area contributed by atoms with Gasteiger partial charge in [0.1, 0.15) is 11.6 Å². The van der Waals surface area contributed by atoms with Gasteiger partial charge >= 0.3 is 6.18 Å². The zero-order valence-corrected chi connectivity index (χ0v) is 24.1. The quantitative estimate of drug-likeness (QED) is 0.148. The maximum atomic E-state index is 12.6. The Labute approximate surface area is 234 Å². The van der Waals surface area contributed by atoms with E-state index in [2.05, 4.69) is 36.6 Å². The molecule has 39 heavy (non-hydrogen) atoms. The van der Waals surface area contributed by atoms with Crippen molar-refractivity contribution >= 4 is 18.1 Å². The molecule has 0 amide bonds. The summed E-state index contributed by atoms with van der Waals surface area (Å²) >= 11 is 5.85. The van der Waals surface area contributed by atoms with Crippen LogP contribution in [0.15, 0.2) is 41.5 Å². The average molecular weight is 579 g/mol. The minimum atomic E-state index is -4.23. The Bertz CT molecular complexity index is 960. The fourth-order valence-electron chi connectivity index (χ4n) is 3.71. The van der Waals surface area contributed by atoms with Gasteiger partial charge in [-0.2, -0.15) is 18.4 Å². The molecule has 0 aromatic heterocycles. The van der Waals surface area contributed by atoms with Crippen LogP contribution in [0.1, 0.15) is 58.9 Å². The summed E-state index contributed by atoms with van der Waals surface area (Å²) in [6.45, 7) is 10.5. The summed E-state index contributed by atoms with van der Waals surface area (Å²) in [6.07, 6.45) is 2.53. The van der Waals surface area contributed by atoms with Crippen molar-refractivity contribution in [3.63, 3.8) is 0 Å². The summed E-state index contributed by atoms with van der Waals surface area (Å²) in [5.41, 5.74) is 2.34. The fourth-order valence-corrected chi connectivity index (χ4v) is 4.07. The van der Waals surface area contributed by atoms with Gasteiger partial charge in [0.2, 0.25) is 0 Å². The molecular formula is C29H40ClF5N2O2. The van der Waals surface area contributed by atoms with E-state index in [-0.39, 0.29) is 23.5 Å². The van der Waals surface area contributed by atoms with Gasteiger partial charge < -0.3 is 9.64 Å². The van der Waals surface area contributed by atoms with Crippen LogP contribution >= 0.6 is 11.6 Å². The number of carbonyl (C=O) groups excluding carboxylic acids is 1. The van der Waals surface area contributed by atoms with E-state index in [0.717, 1.165) is 30.4 Å². The zero-order chi connectivity index (χ0) is 30.0. The molecule has 0 radical (unpaired) electrons. The highest BCUT2D eigenvalue weighted by Crippen LogP contribution is 2.25. The molecule has 0 spiro atoms. The summed E-state index contributed by atoms with van der Waals surface area (Å²) < 4.78 is 62.3. The first kappa shape index (κ1) is 36.6. The van der Waals surface area contributed by atoms with E-state index < -0.39 is 19.2 Å². The molecule has 1 heterocycles. The lowest BCUT2D eigenvalue weighted by Crippen LogP contribution is -2.17. The van der Waals surface area contributed by atoms with Gasteiger partial charge in [0.15, 0.2) is 0 Å². The largest absolute Gasteiger partial charge is 0.468 e. The number of alkyl halides is 4. The van der Waals surface area contributed by atoms with Crippen LogP contribution in [0, 0.1) is 34.8 Å². The van der Waals surface area contributed by atoms with Crippen LogP contribution in [0.2, 0.25) is 0 Å². The predicted molar refractivity (Wildman–Crippen MR) is 145 cm³/mol. The van der Waals surface area contributed by atoms with E-state index in [9.17, 15) is 26.7 Å². The maximum Gasteiger partial charge on any atom is 0.392 e. The maximum absolute atomic E-state index is 12.6. The van der Waals surface area contributed by atoms with Crippen LogP contribution in [0.4, 0.5) is 22.0 Å². The van der Waals surface area contributed by atoms with Crippen LogP contribution in [0.5, 0.6) is 0 Å². The molecule has 0 bridgehead atoms. The smallest absolute Gasteiger partial charge is 0.392 e. The number of nitriles is 1. The molecule has 220 valence electrons. The lowest BCUT2D eigenvalue weighted by molar-refractivity contribution is -0.150. The number of carbonyl (C=O) groups is 1. The van der Waals surface area contributed by atoms with Crippen LogP contribution in [-0.4, -0.2) is 49.7 Å². The number of allylic oxidation sites excluding steroid dienone is 4. The molecule has 3 rings (SSSR count). The van der Waals surface area contributed by atoms with Crippen molar-refractivity contribution in [2.75, 3.05) is 26.7 Å². The Kier molecular flexibility index (Phi) is 18.4. The van der Waals surface area contributed by atoms with Crippen molar-refractivity contribution < 1.29 is 31.5 Å². The van der Waals surface area contributed by atoms with Gasteiger partial charge in [-0.25, -0.2) is 8.78 Å². The molecule has 4 nitrogen and oxygen atoms in total. The minimum Gasteiger partial charge on any atom is -0.468 e. The van der Waals surface area contributed by atoms with E-state index in [0.29, 0.717) is 17.6 Å². The molecule has 0 N–H and O–H groups in total. The van der Waals surface area contributed by atoms with E-state index in [1.54, 1.807) is 13.0 Å². The number of aryl methyl sites for hydroxylation is 1. The Morgan fingerprint density at radius 2 is 1.92 bits per heavy atom. The second-order valence-corrected chi connectivity index (χ2v) is 10.1. The first-order valence-electron chi connectivity index (χ1n) is 12.9. The van der Waals surface area contributed by atoms with E-state index in [4.69, 9.17) is 16.9 Å². The Morgan fingerprint density at radius 3 is 2.36 bits per heavy atom. The molecular weight excluding hydrogens is 539 g/mol. The highest BCUT2D eigenvalue weighted by molar-refractivity contribution is 6.23. The lowest BCUT2D eigenvalue weighted by Gasteiger charge is -2.16. The third kappa shape index (κ3) is 17.0. The molecule has 0 saturated carbocycles. The highest BCUT2D eigenvalue weighted by Gasteiger charge is 2.26. The standard InChI is InChI=1S/C9H19N.C8H8ClN.C8H8F2.C4H5F3O2/c1-4-8(2)9-5-6-10(3)7-9;1-6-2-3-7(5-10)8(9)4-6;1-2-6-5-7(9)3-4-8(6)10;5-4(6,7)1-2-9-3-8/h8-9H,4-7H2,1-3H3;2-3,8H,4H2,1H3;3-5H,2H2,1H3;3H,1-2H2. The van der Waals surface area contributed by atoms with Crippen molar-refractivity contribution in [2.24, 2.45) is 11.8 Å². The van der Waals surface area contributed by atoms with Gasteiger partial charge in [-0.1, -0.05) is 38.8 Å². The summed E-state index contributed by atoms with van der Waals surface area (Å²) in [5.74, 6) is 1.21. The number of benzene rings is 1. The molecule has 1 aromatic carbocycles. The number of hydrogen-bond acceptors (Lipinski definition) is 4. The molecule has 1 aliphatic heterocycles. The molecule has 3 unspecified atom stereocenters. The predicted octanol–water partition coefficient (Wildman–Crippen LogP) is 8.02. The molecule has 3 atom stereocenters. The number of ether oxygens (including phenoxy) is 1. The van der Waals surface area contributed by atoms with E-state index >= 15 is 0 Å². The fraction of sp³-hybridized carbons (Fsp3) is 0.586. The van der Waals surface area contributed by atoms with Crippen molar-refractivity contribution in [2.45, 2.75) is 71.4 Å². The van der Waals surface area contributed by atoms with Gasteiger partial charge in [0, 0.05) is 12.1 Å². The van der Waals surface area contributed by atoms with Gasteiger partial charge in [-0.05, 0) is 81.5 Å². The summed E-state index contributed by atoms with van der Waals surface area (Å²) in [7, 11) is 2.22. The van der Waals surface area contributed by atoms with Crippen LogP contribution < -0.4 is 0 Å². The summed E-state index contributed by atoms with van der Waals surface area (Å²) in [5, 5.41) is 8.41. The number of halogens is 6. The first-order valence-corrected chi connectivity index (χ1v) is 13.4. The monoisotopic (exact) mass is 578 g/mol. The molecule has 1 aromatic rings. The molecule has 1 fully saturated rings. The van der Waals surface area contributed by atoms with Crippen molar-refractivity contribution in [3.05, 3.63) is 58.7 Å². The van der Waals surface area contributed by atoms with Gasteiger partial charge in [0.25, 0.3) is 6.47 Å². The number of nitrogens with zero attached hydrogens (tertiary/aromatic N) is 2. The second kappa shape index (κ2) is 19.6. The average Bonchev–Trinajstić information content (AvgIpc) is 3.32. The second-order valence-electron chi connectivity index (χ2n) is 9.54. The normalized spacial score (nSPS) is 19.3.